The molecular formula is C23H27N7O2. The number of carbonyl (C=O) groups excluding carboxylic acids is 2. The average Bonchev–Trinajstić information content (AvgIpc) is 2.79. The van der Waals surface area contributed by atoms with Gasteiger partial charge in [-0.15, -0.1) is 0 Å². The summed E-state index contributed by atoms with van der Waals surface area (Å²) in [5, 5.41) is 2.70. The summed E-state index contributed by atoms with van der Waals surface area (Å²) < 4.78 is 0. The molecule has 0 aliphatic carbocycles. The largest absolute Gasteiger partial charge is 0.382 e. The van der Waals surface area contributed by atoms with Crippen LogP contribution in [-0.4, -0.2) is 70.8 Å². The van der Waals surface area contributed by atoms with Crippen molar-refractivity contribution in [3.63, 3.8) is 0 Å². The molecule has 2 heterocycles. The molecule has 9 nitrogen and oxygen atoms in total. The van der Waals surface area contributed by atoms with Crippen molar-refractivity contribution < 1.29 is 9.59 Å². The lowest BCUT2D eigenvalue weighted by molar-refractivity contribution is 0.0790. The zero-order chi connectivity index (χ0) is 23.1. The summed E-state index contributed by atoms with van der Waals surface area (Å²) in [6.45, 7) is 1.60. The van der Waals surface area contributed by atoms with Crippen molar-refractivity contribution >= 4 is 23.3 Å². The minimum atomic E-state index is -0.476. The molecule has 0 aliphatic heterocycles. The molecule has 2 amide bonds. The number of hydrogen-bond donors (Lipinski definition) is 2. The first-order valence-corrected chi connectivity index (χ1v) is 10.2. The van der Waals surface area contributed by atoms with Crippen LogP contribution in [0.25, 0.3) is 11.3 Å². The van der Waals surface area contributed by atoms with E-state index in [-0.39, 0.29) is 17.4 Å². The van der Waals surface area contributed by atoms with Crippen LogP contribution in [0.4, 0.5) is 11.5 Å². The maximum absolute atomic E-state index is 12.6. The average molecular weight is 434 g/mol. The molecule has 3 rings (SSSR count). The van der Waals surface area contributed by atoms with Gasteiger partial charge < -0.3 is 20.9 Å². The number of nitrogens with zero attached hydrogens (tertiary/aromatic N) is 5. The molecule has 166 valence electrons. The zero-order valence-corrected chi connectivity index (χ0v) is 18.4. The summed E-state index contributed by atoms with van der Waals surface area (Å²) in [6, 6.07) is 10.5. The molecule has 1 aromatic carbocycles. The van der Waals surface area contributed by atoms with E-state index in [2.05, 4.69) is 25.2 Å². The molecule has 0 fully saturated rings. The highest BCUT2D eigenvalue weighted by atomic mass is 16.2. The van der Waals surface area contributed by atoms with Crippen LogP contribution in [0.5, 0.6) is 0 Å². The van der Waals surface area contributed by atoms with E-state index in [1.165, 1.54) is 12.4 Å². The summed E-state index contributed by atoms with van der Waals surface area (Å²) in [7, 11) is 5.81. The number of nitrogens with one attached hydrogen (secondary N) is 1. The maximum Gasteiger partial charge on any atom is 0.278 e. The molecule has 0 unspecified atom stereocenters. The second kappa shape index (κ2) is 10.5. The van der Waals surface area contributed by atoms with Gasteiger partial charge in [0.15, 0.2) is 11.5 Å². The van der Waals surface area contributed by atoms with Gasteiger partial charge in [0.1, 0.15) is 0 Å². The predicted molar refractivity (Wildman–Crippen MR) is 124 cm³/mol. The van der Waals surface area contributed by atoms with Gasteiger partial charge in [0.2, 0.25) is 0 Å². The van der Waals surface area contributed by atoms with Gasteiger partial charge >= 0.3 is 0 Å². The number of pyridine rings is 1. The lowest BCUT2D eigenvalue weighted by Gasteiger charge is -2.18. The van der Waals surface area contributed by atoms with Crippen molar-refractivity contribution in [1.82, 2.24) is 24.8 Å². The van der Waals surface area contributed by atoms with Gasteiger partial charge in [-0.3, -0.25) is 14.6 Å². The van der Waals surface area contributed by atoms with E-state index in [0.29, 0.717) is 23.5 Å². The van der Waals surface area contributed by atoms with Crippen molar-refractivity contribution in [2.45, 2.75) is 6.42 Å². The fourth-order valence-corrected chi connectivity index (χ4v) is 3.06. The number of aromatic nitrogens is 3. The van der Waals surface area contributed by atoms with Crippen LogP contribution in [0.1, 0.15) is 27.3 Å². The Morgan fingerprint density at radius 2 is 1.78 bits per heavy atom. The molecule has 3 N–H and O–H groups in total. The van der Waals surface area contributed by atoms with Gasteiger partial charge in [-0.1, -0.05) is 12.1 Å². The number of nitrogens with two attached hydrogens (primary N) is 1. The Bertz CT molecular complexity index is 1070. The first kappa shape index (κ1) is 22.8. The normalized spacial score (nSPS) is 10.8. The molecule has 0 aliphatic rings. The molecule has 0 radical (unpaired) electrons. The number of anilines is 2. The third-order valence-electron chi connectivity index (χ3n) is 4.81. The Balaban J connectivity index is 1.72. The zero-order valence-electron chi connectivity index (χ0n) is 18.4. The van der Waals surface area contributed by atoms with Crippen LogP contribution in [0, 0.1) is 0 Å². The number of nitrogen functional groups attached to an aromatic ring is 1. The molecule has 9 heteroatoms. The van der Waals surface area contributed by atoms with Gasteiger partial charge in [-0.05, 0) is 51.3 Å². The lowest BCUT2D eigenvalue weighted by atomic mass is 10.1. The van der Waals surface area contributed by atoms with Gasteiger partial charge in [0.05, 0.1) is 23.8 Å². The van der Waals surface area contributed by atoms with Crippen molar-refractivity contribution in [1.29, 1.82) is 0 Å². The Kier molecular flexibility index (Phi) is 7.45. The summed E-state index contributed by atoms with van der Waals surface area (Å²) in [5.41, 5.74) is 8.21. The molecule has 2 aromatic heterocycles. The minimum absolute atomic E-state index is 0.0205. The first-order valence-electron chi connectivity index (χ1n) is 10.2. The highest BCUT2D eigenvalue weighted by Crippen LogP contribution is 2.20. The summed E-state index contributed by atoms with van der Waals surface area (Å²) in [5.74, 6) is -0.493. The number of rotatable bonds is 8. The van der Waals surface area contributed by atoms with E-state index in [1.54, 1.807) is 54.5 Å². The summed E-state index contributed by atoms with van der Waals surface area (Å²) in [6.07, 6.45) is 5.54. The van der Waals surface area contributed by atoms with Crippen LogP contribution in [-0.2, 0) is 0 Å². The molecule has 3 aromatic rings. The fourth-order valence-electron chi connectivity index (χ4n) is 3.06. The third-order valence-corrected chi connectivity index (χ3v) is 4.81. The van der Waals surface area contributed by atoms with Gasteiger partial charge in [-0.25, -0.2) is 9.97 Å². The standard InChI is InChI=1S/C23H27N7O2/c1-29(2)12-5-13-30(3)23(32)17-9-7-16(8-10-17)19-15-26-21(24)20(28-19)22(31)27-18-6-4-11-25-14-18/h4,6-11,14-15H,5,12-13H2,1-3H3,(H2,24,26)(H,27,31). The molecule has 32 heavy (non-hydrogen) atoms. The number of carbonyl (C=O) groups is 2. The minimum Gasteiger partial charge on any atom is -0.382 e. The van der Waals surface area contributed by atoms with E-state index in [9.17, 15) is 9.59 Å². The van der Waals surface area contributed by atoms with Crippen LogP contribution in [0.2, 0.25) is 0 Å². The topological polar surface area (TPSA) is 117 Å². The van der Waals surface area contributed by atoms with Crippen molar-refractivity contribution in [2.24, 2.45) is 0 Å². The number of benzene rings is 1. The monoisotopic (exact) mass is 433 g/mol. The van der Waals surface area contributed by atoms with Crippen LogP contribution in [0.15, 0.2) is 55.0 Å². The smallest absolute Gasteiger partial charge is 0.278 e. The fraction of sp³-hybridized carbons (Fsp3) is 0.261. The maximum atomic E-state index is 12.6. The number of amides is 2. The SMILES string of the molecule is CN(C)CCCN(C)C(=O)c1ccc(-c2cnc(N)c(C(=O)Nc3cccnc3)n2)cc1. The van der Waals surface area contributed by atoms with Crippen molar-refractivity contribution in [3.8, 4) is 11.3 Å². The highest BCUT2D eigenvalue weighted by Gasteiger charge is 2.16. The van der Waals surface area contributed by atoms with Crippen LogP contribution < -0.4 is 11.1 Å². The molecular weight excluding hydrogens is 406 g/mol. The van der Waals surface area contributed by atoms with E-state index >= 15 is 0 Å². The van der Waals surface area contributed by atoms with Crippen LogP contribution in [0.3, 0.4) is 0 Å². The van der Waals surface area contributed by atoms with E-state index in [1.807, 2.05) is 14.1 Å². The quantitative estimate of drug-likeness (QED) is 0.560. The first-order chi connectivity index (χ1) is 15.3. The number of hydrogen-bond acceptors (Lipinski definition) is 7. The predicted octanol–water partition coefficient (Wildman–Crippen LogP) is 2.40. The Hall–Kier alpha value is -3.85. The van der Waals surface area contributed by atoms with Gasteiger partial charge in [-0.2, -0.15) is 0 Å². The molecule has 0 spiro atoms. The molecule has 0 atom stereocenters. The van der Waals surface area contributed by atoms with Gasteiger partial charge in [0.25, 0.3) is 11.8 Å². The van der Waals surface area contributed by atoms with Crippen molar-refractivity contribution in [2.75, 3.05) is 45.3 Å². The Morgan fingerprint density at radius 1 is 1.03 bits per heavy atom. The Labute approximate surface area is 187 Å². The van der Waals surface area contributed by atoms with E-state index < -0.39 is 5.91 Å². The summed E-state index contributed by atoms with van der Waals surface area (Å²) in [4.78, 5) is 41.5. The molecule has 0 saturated carbocycles. The highest BCUT2D eigenvalue weighted by molar-refractivity contribution is 6.05. The van der Waals surface area contributed by atoms with E-state index in [4.69, 9.17) is 5.73 Å². The third kappa shape index (κ3) is 5.86. The molecule has 0 bridgehead atoms. The van der Waals surface area contributed by atoms with E-state index in [0.717, 1.165) is 18.5 Å². The van der Waals surface area contributed by atoms with Crippen molar-refractivity contribution in [3.05, 3.63) is 66.2 Å². The molecule has 0 saturated heterocycles. The Morgan fingerprint density at radius 3 is 2.44 bits per heavy atom. The second-order valence-corrected chi connectivity index (χ2v) is 7.65. The van der Waals surface area contributed by atoms with Crippen LogP contribution >= 0.6 is 0 Å². The lowest BCUT2D eigenvalue weighted by Crippen LogP contribution is -2.29. The summed E-state index contributed by atoms with van der Waals surface area (Å²) >= 11 is 0. The second-order valence-electron chi connectivity index (χ2n) is 7.65. The van der Waals surface area contributed by atoms with Gasteiger partial charge in [0, 0.05) is 30.9 Å².